The minimum atomic E-state index is -1.24. The van der Waals surface area contributed by atoms with Crippen molar-refractivity contribution in [2.75, 3.05) is 13.1 Å². The topological polar surface area (TPSA) is 218 Å². The van der Waals surface area contributed by atoms with Crippen molar-refractivity contribution in [3.05, 3.63) is 102 Å². The monoisotopic (exact) mass is 674 g/mol. The average Bonchev–Trinajstić information content (AvgIpc) is 3.10. The smallest absolute Gasteiger partial charge is 0.325 e. The van der Waals surface area contributed by atoms with Gasteiger partial charge in [-0.2, -0.15) is 0 Å². The lowest BCUT2D eigenvalue weighted by Gasteiger charge is -2.24. The molecule has 0 bridgehead atoms. The molecular weight excluding hydrogens is 632 g/mol. The lowest BCUT2D eigenvalue weighted by atomic mass is 10.0. The van der Waals surface area contributed by atoms with Crippen LogP contribution in [0.3, 0.4) is 0 Å². The van der Waals surface area contributed by atoms with Gasteiger partial charge in [-0.3, -0.25) is 28.8 Å². The van der Waals surface area contributed by atoms with Crippen LogP contribution in [0.4, 0.5) is 0 Å². The second-order valence-electron chi connectivity index (χ2n) is 11.3. The Hall–Kier alpha value is -5.76. The van der Waals surface area contributed by atoms with E-state index in [1.165, 1.54) is 13.8 Å². The number of hydrogen-bond acceptors (Lipinski definition) is 8. The summed E-state index contributed by atoms with van der Waals surface area (Å²) < 4.78 is 5.82. The summed E-state index contributed by atoms with van der Waals surface area (Å²) in [6.45, 7) is 2.21. The van der Waals surface area contributed by atoms with E-state index in [1.54, 1.807) is 54.6 Å². The minimum absolute atomic E-state index is 0.0620. The van der Waals surface area contributed by atoms with Crippen molar-refractivity contribution < 1.29 is 38.6 Å². The maximum atomic E-state index is 13.3. The minimum Gasteiger partial charge on any atom is -0.489 e. The molecule has 0 radical (unpaired) electrons. The van der Waals surface area contributed by atoms with Gasteiger partial charge in [0.2, 0.25) is 29.5 Å². The number of hydrogen-bond donors (Lipinski definition) is 7. The summed E-state index contributed by atoms with van der Waals surface area (Å²) in [6, 6.07) is 21.0. The van der Waals surface area contributed by atoms with Crippen LogP contribution < -0.4 is 37.1 Å². The van der Waals surface area contributed by atoms with Crippen LogP contribution in [0.25, 0.3) is 0 Å². The van der Waals surface area contributed by atoms with Crippen LogP contribution in [-0.4, -0.2) is 77.9 Å². The van der Waals surface area contributed by atoms with E-state index in [0.29, 0.717) is 23.5 Å². The third-order valence-electron chi connectivity index (χ3n) is 7.29. The molecule has 8 N–H and O–H groups in total. The normalized spacial score (nSPS) is 13.0. The molecule has 0 aromatic heterocycles. The first-order valence-electron chi connectivity index (χ1n) is 15.6. The van der Waals surface area contributed by atoms with Gasteiger partial charge in [-0.1, -0.05) is 72.8 Å². The molecule has 0 spiro atoms. The van der Waals surface area contributed by atoms with Crippen molar-refractivity contribution in [1.29, 1.82) is 0 Å². The number of carboxylic acid groups (broad SMARTS) is 1. The molecule has 0 heterocycles. The van der Waals surface area contributed by atoms with Crippen LogP contribution in [0, 0.1) is 0 Å². The van der Waals surface area contributed by atoms with E-state index >= 15 is 0 Å². The highest BCUT2D eigenvalue weighted by molar-refractivity contribution is 5.95. The number of carbonyl (C=O) groups excluding carboxylic acids is 5. The van der Waals surface area contributed by atoms with Crippen molar-refractivity contribution in [2.24, 2.45) is 5.73 Å². The van der Waals surface area contributed by atoms with E-state index in [2.05, 4.69) is 26.6 Å². The number of amides is 5. The standard InChI is InChI=1S/C35H42N6O8/c1-22(32(44)41-28(17-24-9-5-3-6-10-24)33(45)37-20-31(43)38-23(2)35(47)48)39-34(46)29(40-30(42)19-36)18-25-13-15-27(16-14-25)49-21-26-11-7-4-8-12-26/h3-16,22-23,28-29H,17-21,36H2,1-2H3,(H,37,45)(H,38,43)(H,39,46)(H,40,42)(H,41,44)(H,47,48)/t22-,23-,28-,29-/m0/s1. The van der Waals surface area contributed by atoms with Crippen LogP contribution in [0.15, 0.2) is 84.9 Å². The molecule has 0 saturated carbocycles. The van der Waals surface area contributed by atoms with E-state index in [-0.39, 0.29) is 19.4 Å². The van der Waals surface area contributed by atoms with E-state index < -0.39 is 66.2 Å². The molecule has 0 aliphatic carbocycles. The molecule has 4 atom stereocenters. The van der Waals surface area contributed by atoms with Gasteiger partial charge < -0.3 is 42.2 Å². The number of rotatable bonds is 18. The third kappa shape index (κ3) is 13.1. The Balaban J connectivity index is 1.63. The summed E-state index contributed by atoms with van der Waals surface area (Å²) in [6.07, 6.45) is 0.152. The number of carbonyl (C=O) groups is 6. The number of benzene rings is 3. The Morgan fingerprint density at radius 3 is 1.76 bits per heavy atom. The molecule has 14 heteroatoms. The largest absolute Gasteiger partial charge is 0.489 e. The fourth-order valence-electron chi connectivity index (χ4n) is 4.54. The zero-order valence-corrected chi connectivity index (χ0v) is 27.3. The third-order valence-corrected chi connectivity index (χ3v) is 7.29. The summed E-state index contributed by atoms with van der Waals surface area (Å²) in [5, 5.41) is 21.4. The van der Waals surface area contributed by atoms with Gasteiger partial charge in [-0.25, -0.2) is 0 Å². The maximum absolute atomic E-state index is 13.3. The lowest BCUT2D eigenvalue weighted by molar-refractivity contribution is -0.141. The molecular formula is C35H42N6O8. The van der Waals surface area contributed by atoms with Gasteiger partial charge >= 0.3 is 5.97 Å². The van der Waals surface area contributed by atoms with Crippen LogP contribution in [0.2, 0.25) is 0 Å². The quantitative estimate of drug-likeness (QED) is 0.0978. The maximum Gasteiger partial charge on any atom is 0.325 e. The molecule has 49 heavy (non-hydrogen) atoms. The van der Waals surface area contributed by atoms with E-state index in [1.807, 2.05) is 30.3 Å². The Morgan fingerprint density at radius 2 is 1.18 bits per heavy atom. The van der Waals surface area contributed by atoms with Gasteiger partial charge in [-0.15, -0.1) is 0 Å². The summed E-state index contributed by atoms with van der Waals surface area (Å²) in [5.41, 5.74) is 7.91. The Bertz CT molecular complexity index is 1570. The highest BCUT2D eigenvalue weighted by atomic mass is 16.5. The Morgan fingerprint density at radius 1 is 0.633 bits per heavy atom. The Labute approximate surface area is 284 Å². The number of nitrogens with two attached hydrogens (primary N) is 1. The SMILES string of the molecule is C[C@H](NC(=O)CNC(=O)[C@H](Cc1ccccc1)NC(=O)[C@H](C)NC(=O)[C@H](Cc1ccc(OCc2ccccc2)cc1)NC(=O)CN)C(=O)O. The van der Waals surface area contributed by atoms with Gasteiger partial charge in [0.15, 0.2) is 0 Å². The summed E-state index contributed by atoms with van der Waals surface area (Å²) in [5.74, 6) is -3.96. The van der Waals surface area contributed by atoms with Gasteiger partial charge in [0.1, 0.15) is 36.5 Å². The number of ether oxygens (including phenoxy) is 1. The predicted molar refractivity (Wildman–Crippen MR) is 180 cm³/mol. The van der Waals surface area contributed by atoms with Crippen molar-refractivity contribution in [3.8, 4) is 5.75 Å². The second kappa shape index (κ2) is 19.2. The fraction of sp³-hybridized carbons (Fsp3) is 0.314. The van der Waals surface area contributed by atoms with E-state index in [9.17, 15) is 28.8 Å². The first-order chi connectivity index (χ1) is 23.4. The molecule has 0 unspecified atom stereocenters. The van der Waals surface area contributed by atoms with Crippen LogP contribution in [-0.2, 0) is 48.2 Å². The molecule has 260 valence electrons. The zero-order valence-electron chi connectivity index (χ0n) is 27.3. The molecule has 0 saturated heterocycles. The molecule has 0 aliphatic heterocycles. The number of carboxylic acids is 1. The second-order valence-corrected chi connectivity index (χ2v) is 11.3. The summed E-state index contributed by atoms with van der Waals surface area (Å²) >= 11 is 0. The van der Waals surface area contributed by atoms with Gasteiger partial charge in [0.25, 0.3) is 0 Å². The zero-order chi connectivity index (χ0) is 35.8. The van der Waals surface area contributed by atoms with Crippen molar-refractivity contribution >= 4 is 35.5 Å². The van der Waals surface area contributed by atoms with Gasteiger partial charge in [-0.05, 0) is 42.7 Å². The molecule has 3 aromatic rings. The molecule has 3 rings (SSSR count). The highest BCUT2D eigenvalue weighted by Gasteiger charge is 2.28. The average molecular weight is 675 g/mol. The highest BCUT2D eigenvalue weighted by Crippen LogP contribution is 2.16. The molecule has 5 amide bonds. The molecule has 0 aliphatic rings. The van der Waals surface area contributed by atoms with Crippen molar-refractivity contribution in [3.63, 3.8) is 0 Å². The first kappa shape index (κ1) is 37.7. The van der Waals surface area contributed by atoms with Crippen molar-refractivity contribution in [2.45, 2.75) is 57.5 Å². The van der Waals surface area contributed by atoms with Crippen LogP contribution in [0.1, 0.15) is 30.5 Å². The van der Waals surface area contributed by atoms with Crippen LogP contribution in [0.5, 0.6) is 5.75 Å². The number of nitrogens with one attached hydrogen (secondary N) is 5. The fourth-order valence-corrected chi connectivity index (χ4v) is 4.54. The van der Waals surface area contributed by atoms with Crippen LogP contribution >= 0.6 is 0 Å². The van der Waals surface area contributed by atoms with E-state index in [4.69, 9.17) is 15.6 Å². The molecule has 14 nitrogen and oxygen atoms in total. The molecule has 3 aromatic carbocycles. The van der Waals surface area contributed by atoms with Gasteiger partial charge in [0, 0.05) is 12.8 Å². The summed E-state index contributed by atoms with van der Waals surface area (Å²) in [4.78, 5) is 75.0. The predicted octanol–water partition coefficient (Wildman–Crippen LogP) is 0.189. The molecule has 0 fully saturated rings. The Kier molecular flexibility index (Phi) is 14.7. The number of aliphatic carboxylic acids is 1. The van der Waals surface area contributed by atoms with E-state index in [0.717, 1.165) is 5.56 Å². The van der Waals surface area contributed by atoms with Gasteiger partial charge in [0.05, 0.1) is 13.1 Å². The van der Waals surface area contributed by atoms with Crippen molar-refractivity contribution in [1.82, 2.24) is 26.6 Å². The first-order valence-corrected chi connectivity index (χ1v) is 15.6. The summed E-state index contributed by atoms with van der Waals surface area (Å²) in [7, 11) is 0. The lowest BCUT2D eigenvalue weighted by Crippen LogP contribution is -2.57.